The normalized spacial score (nSPS) is 18.3. The molecule has 0 radical (unpaired) electrons. The van der Waals surface area contributed by atoms with Crippen molar-refractivity contribution in [3.8, 4) is 0 Å². The first-order valence-electron chi connectivity index (χ1n) is 9.33. The van der Waals surface area contributed by atoms with Crippen LogP contribution in [0.1, 0.15) is 29.5 Å². The molecule has 1 fully saturated rings. The average Bonchev–Trinajstić information content (AvgIpc) is 2.70. The van der Waals surface area contributed by atoms with Crippen LogP contribution in [0.2, 0.25) is 0 Å². The summed E-state index contributed by atoms with van der Waals surface area (Å²) in [6.45, 7) is 4.47. The lowest BCUT2D eigenvalue weighted by Crippen LogP contribution is -2.44. The molecule has 1 aliphatic heterocycles. The van der Waals surface area contributed by atoms with Crippen LogP contribution < -0.4 is 5.43 Å². The van der Waals surface area contributed by atoms with Crippen LogP contribution in [-0.4, -0.2) is 37.9 Å². The zero-order valence-corrected chi connectivity index (χ0v) is 16.9. The fourth-order valence-electron chi connectivity index (χ4n) is 3.22. The molecule has 3 rings (SSSR count). The van der Waals surface area contributed by atoms with Gasteiger partial charge in [-0.15, -0.1) is 0 Å². The van der Waals surface area contributed by atoms with Gasteiger partial charge in [0.25, 0.3) is 0 Å². The van der Waals surface area contributed by atoms with E-state index in [4.69, 9.17) is 0 Å². The minimum atomic E-state index is -3.60. The molecule has 1 N–H and O–H groups in total. The zero-order valence-electron chi connectivity index (χ0n) is 16.1. The van der Waals surface area contributed by atoms with Gasteiger partial charge in [-0.2, -0.15) is 9.41 Å². The fourth-order valence-corrected chi connectivity index (χ4v) is 4.75. The van der Waals surface area contributed by atoms with E-state index in [0.717, 1.165) is 16.7 Å². The standard InChI is InChI=1S/C21H25N3O3S/c1-16-9-11-20(12-10-16)28(26,27)24-13-5-8-19(15-24)21(25)23-22-14-18-7-4-3-6-17(18)2/h3-4,6-7,9-12,14,19H,5,8,13,15H2,1-2H3,(H,23,25)/b22-14-/t19-/m0/s1. The number of aryl methyl sites for hydroxylation is 2. The van der Waals surface area contributed by atoms with Crippen molar-refractivity contribution in [2.45, 2.75) is 31.6 Å². The maximum Gasteiger partial charge on any atom is 0.244 e. The lowest BCUT2D eigenvalue weighted by Gasteiger charge is -2.30. The van der Waals surface area contributed by atoms with Crippen LogP contribution in [0.4, 0.5) is 0 Å². The van der Waals surface area contributed by atoms with Crippen molar-refractivity contribution >= 4 is 22.1 Å². The van der Waals surface area contributed by atoms with Gasteiger partial charge in [-0.05, 0) is 49.9 Å². The Bertz CT molecular complexity index is 969. The van der Waals surface area contributed by atoms with E-state index in [2.05, 4.69) is 10.5 Å². The molecule has 2 aromatic rings. The summed E-state index contributed by atoms with van der Waals surface area (Å²) in [5.74, 6) is -0.670. The van der Waals surface area contributed by atoms with Gasteiger partial charge in [0.2, 0.25) is 15.9 Å². The van der Waals surface area contributed by atoms with Crippen LogP contribution in [0.15, 0.2) is 58.5 Å². The van der Waals surface area contributed by atoms with Crippen LogP contribution in [-0.2, 0) is 14.8 Å². The molecule has 0 aromatic heterocycles. The van der Waals surface area contributed by atoms with Crippen molar-refractivity contribution < 1.29 is 13.2 Å². The molecule has 0 aliphatic carbocycles. The molecule has 1 aliphatic rings. The van der Waals surface area contributed by atoms with E-state index in [9.17, 15) is 13.2 Å². The van der Waals surface area contributed by atoms with Crippen LogP contribution >= 0.6 is 0 Å². The Balaban J connectivity index is 1.65. The third kappa shape index (κ3) is 4.66. The third-order valence-electron chi connectivity index (χ3n) is 4.98. The Morgan fingerprint density at radius 2 is 1.86 bits per heavy atom. The number of carbonyl (C=O) groups excluding carboxylic acids is 1. The number of sulfonamides is 1. The summed E-state index contributed by atoms with van der Waals surface area (Å²) in [6.07, 6.45) is 2.90. The largest absolute Gasteiger partial charge is 0.273 e. The van der Waals surface area contributed by atoms with Gasteiger partial charge < -0.3 is 0 Å². The first-order chi connectivity index (χ1) is 13.4. The SMILES string of the molecule is Cc1ccc(S(=O)(=O)N2CCC[C@H](C(=O)N/N=C\c3ccccc3C)C2)cc1. The van der Waals surface area contributed by atoms with Gasteiger partial charge in [0, 0.05) is 13.1 Å². The number of nitrogens with one attached hydrogen (secondary N) is 1. The summed E-state index contributed by atoms with van der Waals surface area (Å²) in [6, 6.07) is 14.5. The Morgan fingerprint density at radius 1 is 1.14 bits per heavy atom. The van der Waals surface area contributed by atoms with E-state index >= 15 is 0 Å². The van der Waals surface area contributed by atoms with Gasteiger partial charge >= 0.3 is 0 Å². The Labute approximate surface area is 166 Å². The molecule has 2 aromatic carbocycles. The monoisotopic (exact) mass is 399 g/mol. The molecule has 6 nitrogen and oxygen atoms in total. The first kappa shape index (κ1) is 20.2. The second-order valence-electron chi connectivity index (χ2n) is 7.11. The molecule has 0 spiro atoms. The highest BCUT2D eigenvalue weighted by Crippen LogP contribution is 2.24. The third-order valence-corrected chi connectivity index (χ3v) is 6.86. The number of rotatable bonds is 5. The fraction of sp³-hybridized carbons (Fsp3) is 0.333. The molecule has 1 heterocycles. The second-order valence-corrected chi connectivity index (χ2v) is 9.04. The number of carbonyl (C=O) groups is 1. The number of amides is 1. The van der Waals surface area contributed by atoms with Crippen LogP contribution in [0, 0.1) is 19.8 Å². The molecule has 0 saturated carbocycles. The van der Waals surface area contributed by atoms with Crippen molar-refractivity contribution in [2.75, 3.05) is 13.1 Å². The first-order valence-corrected chi connectivity index (χ1v) is 10.8. The molecule has 1 amide bonds. The average molecular weight is 400 g/mol. The molecule has 0 bridgehead atoms. The van der Waals surface area contributed by atoms with Crippen molar-refractivity contribution in [1.82, 2.24) is 9.73 Å². The van der Waals surface area contributed by atoms with Crippen molar-refractivity contribution in [1.29, 1.82) is 0 Å². The summed E-state index contributed by atoms with van der Waals surface area (Å²) >= 11 is 0. The summed E-state index contributed by atoms with van der Waals surface area (Å²) in [7, 11) is -3.60. The minimum absolute atomic E-state index is 0.169. The van der Waals surface area contributed by atoms with Gasteiger partial charge in [-0.3, -0.25) is 4.79 Å². The highest BCUT2D eigenvalue weighted by molar-refractivity contribution is 7.89. The molecule has 0 unspecified atom stereocenters. The van der Waals surface area contributed by atoms with Gasteiger partial charge in [-0.1, -0.05) is 42.0 Å². The minimum Gasteiger partial charge on any atom is -0.273 e. The number of piperidine rings is 1. The van der Waals surface area contributed by atoms with Gasteiger partial charge in [0.05, 0.1) is 17.0 Å². The number of hydrogen-bond donors (Lipinski definition) is 1. The summed E-state index contributed by atoms with van der Waals surface area (Å²) in [5.41, 5.74) is 5.55. The predicted molar refractivity (Wildman–Crippen MR) is 110 cm³/mol. The highest BCUT2D eigenvalue weighted by atomic mass is 32.2. The van der Waals surface area contributed by atoms with Crippen LogP contribution in [0.3, 0.4) is 0 Å². The van der Waals surface area contributed by atoms with Gasteiger partial charge in [0.15, 0.2) is 0 Å². The van der Waals surface area contributed by atoms with Crippen molar-refractivity contribution in [2.24, 2.45) is 11.0 Å². The molecular weight excluding hydrogens is 374 g/mol. The van der Waals surface area contributed by atoms with E-state index in [1.807, 2.05) is 38.1 Å². The number of benzene rings is 2. The van der Waals surface area contributed by atoms with Crippen LogP contribution in [0.5, 0.6) is 0 Å². The second kappa shape index (κ2) is 8.67. The predicted octanol–water partition coefficient (Wildman–Crippen LogP) is 2.85. The lowest BCUT2D eigenvalue weighted by atomic mass is 9.99. The Kier molecular flexibility index (Phi) is 6.26. The quantitative estimate of drug-likeness (QED) is 0.620. The van der Waals surface area contributed by atoms with Crippen molar-refractivity contribution in [3.05, 3.63) is 65.2 Å². The number of hydrogen-bond acceptors (Lipinski definition) is 4. The molecule has 1 atom stereocenters. The van der Waals surface area contributed by atoms with E-state index in [1.165, 1.54) is 4.31 Å². The molecule has 28 heavy (non-hydrogen) atoms. The van der Waals surface area contributed by atoms with E-state index < -0.39 is 15.9 Å². The van der Waals surface area contributed by atoms with Gasteiger partial charge in [-0.25, -0.2) is 13.8 Å². The number of hydrazone groups is 1. The molecular formula is C21H25N3O3S. The lowest BCUT2D eigenvalue weighted by molar-refractivity contribution is -0.126. The van der Waals surface area contributed by atoms with E-state index in [0.29, 0.717) is 19.4 Å². The zero-order chi connectivity index (χ0) is 20.1. The van der Waals surface area contributed by atoms with Crippen LogP contribution in [0.25, 0.3) is 0 Å². The Hall–Kier alpha value is -2.51. The number of nitrogens with zero attached hydrogens (tertiary/aromatic N) is 2. The molecule has 7 heteroatoms. The topological polar surface area (TPSA) is 78.8 Å². The van der Waals surface area contributed by atoms with E-state index in [-0.39, 0.29) is 17.3 Å². The maximum atomic E-state index is 12.9. The Morgan fingerprint density at radius 3 is 2.57 bits per heavy atom. The molecule has 1 saturated heterocycles. The highest BCUT2D eigenvalue weighted by Gasteiger charge is 2.33. The summed E-state index contributed by atoms with van der Waals surface area (Å²) < 4.78 is 27.1. The van der Waals surface area contributed by atoms with E-state index in [1.54, 1.807) is 30.5 Å². The summed E-state index contributed by atoms with van der Waals surface area (Å²) in [4.78, 5) is 12.7. The molecule has 148 valence electrons. The van der Waals surface area contributed by atoms with Crippen molar-refractivity contribution in [3.63, 3.8) is 0 Å². The maximum absolute atomic E-state index is 12.9. The smallest absolute Gasteiger partial charge is 0.244 e. The van der Waals surface area contributed by atoms with Gasteiger partial charge in [0.1, 0.15) is 0 Å². The summed E-state index contributed by atoms with van der Waals surface area (Å²) in [5, 5.41) is 4.04.